The van der Waals surface area contributed by atoms with Gasteiger partial charge in [0, 0.05) is 0 Å². The minimum atomic E-state index is 0.452. The molecule has 1 heteroatoms. The van der Waals surface area contributed by atoms with E-state index in [1.807, 2.05) is 13.1 Å². The number of nitrogens with one attached hydrogen (secondary N) is 1. The summed E-state index contributed by atoms with van der Waals surface area (Å²) in [6.07, 6.45) is 2.97. The van der Waals surface area contributed by atoms with Gasteiger partial charge in [-0.3, -0.25) is 0 Å². The molecule has 10 heavy (non-hydrogen) atoms. The second-order valence-electron chi connectivity index (χ2n) is 2.54. The predicted molar refractivity (Wildman–Crippen MR) is 47.0 cm³/mol. The van der Waals surface area contributed by atoms with Gasteiger partial charge in [-0.15, -0.1) is 6.58 Å². The van der Waals surface area contributed by atoms with E-state index in [-0.39, 0.29) is 0 Å². The maximum atomic E-state index is 3.95. The zero-order valence-corrected chi connectivity index (χ0v) is 6.98. The minimum absolute atomic E-state index is 0.452. The Morgan fingerprint density at radius 2 is 2.30 bits per heavy atom. The van der Waals surface area contributed by atoms with E-state index in [1.54, 1.807) is 0 Å². The van der Waals surface area contributed by atoms with Crippen LogP contribution >= 0.6 is 0 Å². The Bertz CT molecular complexity index is 116. The van der Waals surface area contributed by atoms with Crippen molar-refractivity contribution in [2.45, 2.75) is 13.3 Å². The van der Waals surface area contributed by atoms with Gasteiger partial charge in [0.1, 0.15) is 0 Å². The Morgan fingerprint density at radius 3 is 2.70 bits per heavy atom. The van der Waals surface area contributed by atoms with Gasteiger partial charge in [0.25, 0.3) is 0 Å². The maximum Gasteiger partial charge on any atom is -0.00145 e. The summed E-state index contributed by atoms with van der Waals surface area (Å²) < 4.78 is 0. The number of hydrogen-bond acceptors (Lipinski definition) is 1. The predicted octanol–water partition coefficient (Wildman–Crippen LogP) is 1.97. The second-order valence-corrected chi connectivity index (χ2v) is 2.54. The average Bonchev–Trinajstić information content (AvgIpc) is 1.98. The third-order valence-electron chi connectivity index (χ3n) is 1.69. The summed E-state index contributed by atoms with van der Waals surface area (Å²) in [6.45, 7) is 10.8. The molecular weight excluding hydrogens is 122 g/mol. The first-order valence-electron chi connectivity index (χ1n) is 3.67. The first-order valence-corrected chi connectivity index (χ1v) is 3.67. The Kier molecular flexibility index (Phi) is 4.95. The molecule has 1 atom stereocenters. The smallest absolute Gasteiger partial charge is 0.00145 e. The Labute approximate surface area is 63.8 Å². The molecule has 0 aliphatic rings. The summed E-state index contributed by atoms with van der Waals surface area (Å²) in [4.78, 5) is 0. The highest BCUT2D eigenvalue weighted by Gasteiger charge is 1.99. The van der Waals surface area contributed by atoms with Crippen molar-refractivity contribution in [3.05, 3.63) is 24.8 Å². The topological polar surface area (TPSA) is 12.0 Å². The van der Waals surface area contributed by atoms with E-state index in [0.29, 0.717) is 5.92 Å². The average molecular weight is 139 g/mol. The first kappa shape index (κ1) is 9.44. The molecule has 0 fully saturated rings. The van der Waals surface area contributed by atoms with E-state index in [0.717, 1.165) is 13.0 Å². The van der Waals surface area contributed by atoms with Gasteiger partial charge in [-0.1, -0.05) is 25.2 Å². The summed E-state index contributed by atoms with van der Waals surface area (Å²) in [5, 5.41) is 3.08. The van der Waals surface area contributed by atoms with Gasteiger partial charge in [-0.2, -0.15) is 0 Å². The SMILES string of the molecule is C=CC(C)C(=C)CCNC. The van der Waals surface area contributed by atoms with Crippen molar-refractivity contribution in [1.82, 2.24) is 5.32 Å². The summed E-state index contributed by atoms with van der Waals surface area (Å²) in [6, 6.07) is 0. The second kappa shape index (κ2) is 5.24. The highest BCUT2D eigenvalue weighted by atomic mass is 14.8. The highest BCUT2D eigenvalue weighted by molar-refractivity contribution is 5.05. The van der Waals surface area contributed by atoms with E-state index in [9.17, 15) is 0 Å². The number of allylic oxidation sites excluding steroid dienone is 1. The molecule has 0 bridgehead atoms. The third-order valence-corrected chi connectivity index (χ3v) is 1.69. The molecule has 1 nitrogen and oxygen atoms in total. The Hall–Kier alpha value is -0.560. The van der Waals surface area contributed by atoms with E-state index in [1.165, 1.54) is 5.57 Å². The van der Waals surface area contributed by atoms with Gasteiger partial charge in [0.05, 0.1) is 0 Å². The maximum absolute atomic E-state index is 3.95. The van der Waals surface area contributed by atoms with Crippen LogP contribution in [0.1, 0.15) is 13.3 Å². The largest absolute Gasteiger partial charge is 0.319 e. The van der Waals surface area contributed by atoms with E-state index < -0.39 is 0 Å². The lowest BCUT2D eigenvalue weighted by Crippen LogP contribution is -2.09. The summed E-state index contributed by atoms with van der Waals surface area (Å²) in [5.41, 5.74) is 1.25. The molecule has 0 spiro atoms. The molecule has 0 saturated heterocycles. The zero-order chi connectivity index (χ0) is 7.98. The van der Waals surface area contributed by atoms with Crippen LogP contribution in [0.2, 0.25) is 0 Å². The van der Waals surface area contributed by atoms with E-state index in [2.05, 4.69) is 25.4 Å². The van der Waals surface area contributed by atoms with Crippen molar-refractivity contribution in [1.29, 1.82) is 0 Å². The van der Waals surface area contributed by atoms with Gasteiger partial charge in [-0.25, -0.2) is 0 Å². The molecule has 1 N–H and O–H groups in total. The molecule has 0 aliphatic heterocycles. The van der Waals surface area contributed by atoms with Crippen molar-refractivity contribution in [2.24, 2.45) is 5.92 Å². The van der Waals surface area contributed by atoms with Crippen LogP contribution in [0.5, 0.6) is 0 Å². The van der Waals surface area contributed by atoms with Gasteiger partial charge < -0.3 is 5.32 Å². The zero-order valence-electron chi connectivity index (χ0n) is 6.98. The van der Waals surface area contributed by atoms with Gasteiger partial charge >= 0.3 is 0 Å². The molecule has 1 unspecified atom stereocenters. The lowest BCUT2D eigenvalue weighted by Gasteiger charge is -2.08. The summed E-state index contributed by atoms with van der Waals surface area (Å²) in [7, 11) is 1.95. The molecule has 0 saturated carbocycles. The van der Waals surface area contributed by atoms with Crippen molar-refractivity contribution in [2.75, 3.05) is 13.6 Å². The molecule has 0 aromatic carbocycles. The fraction of sp³-hybridized carbons (Fsp3) is 0.556. The van der Waals surface area contributed by atoms with Crippen LogP contribution in [0.15, 0.2) is 24.8 Å². The van der Waals surface area contributed by atoms with Gasteiger partial charge in [0.15, 0.2) is 0 Å². The molecule has 0 rings (SSSR count). The van der Waals surface area contributed by atoms with Crippen LogP contribution in [0.4, 0.5) is 0 Å². The van der Waals surface area contributed by atoms with Crippen LogP contribution in [0.3, 0.4) is 0 Å². The van der Waals surface area contributed by atoms with Crippen molar-refractivity contribution in [3.8, 4) is 0 Å². The van der Waals surface area contributed by atoms with Crippen molar-refractivity contribution < 1.29 is 0 Å². The first-order chi connectivity index (χ1) is 4.72. The molecular formula is C9H17N. The monoisotopic (exact) mass is 139 g/mol. The van der Waals surface area contributed by atoms with E-state index in [4.69, 9.17) is 0 Å². The van der Waals surface area contributed by atoms with Crippen LogP contribution in [-0.4, -0.2) is 13.6 Å². The quantitative estimate of drug-likeness (QED) is 0.574. The third kappa shape index (κ3) is 3.46. The van der Waals surface area contributed by atoms with Crippen molar-refractivity contribution >= 4 is 0 Å². The lowest BCUT2D eigenvalue weighted by molar-refractivity contribution is 0.724. The molecule has 58 valence electrons. The lowest BCUT2D eigenvalue weighted by atomic mass is 10.0. The highest BCUT2D eigenvalue weighted by Crippen LogP contribution is 2.11. The van der Waals surface area contributed by atoms with E-state index >= 15 is 0 Å². The summed E-state index contributed by atoms with van der Waals surface area (Å²) >= 11 is 0. The molecule has 0 heterocycles. The molecule has 0 aromatic heterocycles. The molecule has 0 radical (unpaired) electrons. The Morgan fingerprint density at radius 1 is 1.70 bits per heavy atom. The normalized spacial score (nSPS) is 12.6. The van der Waals surface area contributed by atoms with Crippen LogP contribution in [0.25, 0.3) is 0 Å². The van der Waals surface area contributed by atoms with Crippen LogP contribution in [-0.2, 0) is 0 Å². The minimum Gasteiger partial charge on any atom is -0.319 e. The number of rotatable bonds is 5. The molecule has 0 amide bonds. The molecule has 0 aliphatic carbocycles. The summed E-state index contributed by atoms with van der Waals surface area (Å²) in [5.74, 6) is 0.452. The fourth-order valence-corrected chi connectivity index (χ4v) is 0.680. The molecule has 0 aromatic rings. The fourth-order valence-electron chi connectivity index (χ4n) is 0.680. The van der Waals surface area contributed by atoms with Gasteiger partial charge in [-0.05, 0) is 25.9 Å². The Balaban J connectivity index is 3.51. The van der Waals surface area contributed by atoms with Crippen molar-refractivity contribution in [3.63, 3.8) is 0 Å². The van der Waals surface area contributed by atoms with Crippen LogP contribution < -0.4 is 5.32 Å². The van der Waals surface area contributed by atoms with Crippen LogP contribution in [0, 0.1) is 5.92 Å². The standard InChI is InChI=1S/C9H17N/c1-5-8(2)9(3)6-7-10-4/h5,8,10H,1,3,6-7H2,2,4H3. The number of hydrogen-bond donors (Lipinski definition) is 1. The van der Waals surface area contributed by atoms with Gasteiger partial charge in [0.2, 0.25) is 0 Å².